The molecule has 1 aliphatic heterocycles. The van der Waals surface area contributed by atoms with Crippen LogP contribution >= 0.6 is 11.6 Å². The number of nitrogens with zero attached hydrogens (tertiary/aromatic N) is 3. The second kappa shape index (κ2) is 4.88. The third-order valence-electron chi connectivity index (χ3n) is 2.56. The highest BCUT2D eigenvalue weighted by molar-refractivity contribution is 6.29. The molecule has 0 amide bonds. The van der Waals surface area contributed by atoms with E-state index in [0.29, 0.717) is 5.15 Å². The number of hydrogen-bond acceptors (Lipinski definition) is 4. The van der Waals surface area contributed by atoms with Crippen molar-refractivity contribution in [3.05, 3.63) is 23.0 Å². The van der Waals surface area contributed by atoms with Gasteiger partial charge in [0.1, 0.15) is 0 Å². The summed E-state index contributed by atoms with van der Waals surface area (Å²) in [5.41, 5.74) is 0.967. The van der Waals surface area contributed by atoms with E-state index in [2.05, 4.69) is 27.5 Å². The molecule has 0 aliphatic carbocycles. The van der Waals surface area contributed by atoms with Gasteiger partial charge in [-0.3, -0.25) is 0 Å². The van der Waals surface area contributed by atoms with Crippen LogP contribution in [0.5, 0.6) is 0 Å². The summed E-state index contributed by atoms with van der Waals surface area (Å²) in [6.07, 6.45) is 0. The van der Waals surface area contributed by atoms with Gasteiger partial charge in [0, 0.05) is 26.2 Å². The van der Waals surface area contributed by atoms with Gasteiger partial charge >= 0.3 is 0 Å². The Bertz CT molecular complexity index is 310. The van der Waals surface area contributed by atoms with E-state index < -0.39 is 0 Å². The van der Waals surface area contributed by atoms with Crippen LogP contribution in [0.4, 0.5) is 0 Å². The Morgan fingerprint density at radius 1 is 1.47 bits per heavy atom. The van der Waals surface area contributed by atoms with Crippen LogP contribution in [0.1, 0.15) is 5.69 Å². The minimum Gasteiger partial charge on any atom is -0.316 e. The number of hydrogen-bond donors (Lipinski definition) is 1. The molecule has 1 aromatic heterocycles. The van der Waals surface area contributed by atoms with E-state index in [-0.39, 0.29) is 0 Å². The van der Waals surface area contributed by atoms with Crippen molar-refractivity contribution >= 4 is 11.6 Å². The van der Waals surface area contributed by atoms with E-state index in [1.807, 2.05) is 6.07 Å². The Morgan fingerprint density at radius 2 is 2.27 bits per heavy atom. The zero-order valence-electron chi connectivity index (χ0n) is 8.78. The van der Waals surface area contributed by atoms with Gasteiger partial charge in [0.25, 0.3) is 0 Å². The van der Waals surface area contributed by atoms with E-state index >= 15 is 0 Å². The summed E-state index contributed by atoms with van der Waals surface area (Å²) in [4.78, 5) is 2.27. The van der Waals surface area contributed by atoms with Crippen molar-refractivity contribution in [2.45, 2.75) is 6.54 Å². The maximum atomic E-state index is 5.67. The lowest BCUT2D eigenvalue weighted by atomic mass is 10.0. The average molecular weight is 227 g/mol. The first-order valence-corrected chi connectivity index (χ1v) is 5.49. The van der Waals surface area contributed by atoms with Crippen LogP contribution in [-0.2, 0) is 6.54 Å². The number of nitrogens with one attached hydrogen (secondary N) is 1. The summed E-state index contributed by atoms with van der Waals surface area (Å²) in [6.45, 7) is 4.21. The third-order valence-corrected chi connectivity index (χ3v) is 2.76. The predicted octanol–water partition coefficient (Wildman–Crippen LogP) is 0.781. The number of aromatic nitrogens is 2. The normalized spacial score (nSPS) is 16.7. The minimum absolute atomic E-state index is 0.449. The minimum atomic E-state index is 0.449. The van der Waals surface area contributed by atoms with E-state index in [9.17, 15) is 0 Å². The second-order valence-electron chi connectivity index (χ2n) is 4.07. The molecule has 2 heterocycles. The van der Waals surface area contributed by atoms with Crippen molar-refractivity contribution in [1.29, 1.82) is 0 Å². The quantitative estimate of drug-likeness (QED) is 0.824. The third kappa shape index (κ3) is 3.12. The Balaban J connectivity index is 1.82. The first kappa shape index (κ1) is 10.8. The lowest BCUT2D eigenvalue weighted by Gasteiger charge is -2.31. The highest BCUT2D eigenvalue weighted by Crippen LogP contribution is 2.08. The molecule has 1 saturated heterocycles. The molecule has 0 bridgehead atoms. The van der Waals surface area contributed by atoms with E-state index in [1.54, 1.807) is 6.07 Å². The Labute approximate surface area is 94.6 Å². The van der Waals surface area contributed by atoms with Crippen LogP contribution in [0, 0.1) is 5.92 Å². The van der Waals surface area contributed by atoms with E-state index in [0.717, 1.165) is 37.8 Å². The number of halogens is 1. The lowest BCUT2D eigenvalue weighted by molar-refractivity contribution is 0.216. The molecule has 0 aromatic carbocycles. The topological polar surface area (TPSA) is 41.1 Å². The summed E-state index contributed by atoms with van der Waals surface area (Å²) in [6, 6.07) is 3.70. The maximum Gasteiger partial charge on any atom is 0.151 e. The van der Waals surface area contributed by atoms with Crippen molar-refractivity contribution in [1.82, 2.24) is 20.4 Å². The fraction of sp³-hybridized carbons (Fsp3) is 0.600. The number of rotatable bonds is 4. The van der Waals surface area contributed by atoms with Gasteiger partial charge in [-0.05, 0) is 25.1 Å². The highest BCUT2D eigenvalue weighted by Gasteiger charge is 2.18. The van der Waals surface area contributed by atoms with Crippen molar-refractivity contribution in [2.24, 2.45) is 5.92 Å². The Morgan fingerprint density at radius 3 is 2.80 bits per heavy atom. The fourth-order valence-electron chi connectivity index (χ4n) is 1.69. The summed E-state index contributed by atoms with van der Waals surface area (Å²) in [5.74, 6) is 0.787. The standard InChI is InChI=1S/C10H15ClN4/c1-15(6-8-4-12-5-8)7-9-2-3-10(11)14-13-9/h2-3,8,12H,4-7H2,1H3. The van der Waals surface area contributed by atoms with Gasteiger partial charge in [-0.1, -0.05) is 11.6 Å². The van der Waals surface area contributed by atoms with Crippen molar-refractivity contribution in [2.75, 3.05) is 26.7 Å². The first-order valence-electron chi connectivity index (χ1n) is 5.11. The molecule has 0 atom stereocenters. The van der Waals surface area contributed by atoms with Gasteiger partial charge < -0.3 is 10.2 Å². The molecule has 2 rings (SSSR count). The molecule has 0 unspecified atom stereocenters. The Hall–Kier alpha value is -0.710. The molecule has 0 radical (unpaired) electrons. The zero-order valence-corrected chi connectivity index (χ0v) is 9.54. The Kier molecular flexibility index (Phi) is 3.51. The molecule has 0 spiro atoms. The molecule has 15 heavy (non-hydrogen) atoms. The monoisotopic (exact) mass is 226 g/mol. The molecule has 1 fully saturated rings. The summed E-state index contributed by atoms with van der Waals surface area (Å²) in [7, 11) is 2.11. The van der Waals surface area contributed by atoms with Crippen LogP contribution in [0.25, 0.3) is 0 Å². The van der Waals surface area contributed by atoms with Gasteiger partial charge in [0.2, 0.25) is 0 Å². The van der Waals surface area contributed by atoms with Crippen LogP contribution in [-0.4, -0.2) is 41.8 Å². The van der Waals surface area contributed by atoms with Gasteiger partial charge in [-0.2, -0.15) is 5.10 Å². The molecule has 4 nitrogen and oxygen atoms in total. The van der Waals surface area contributed by atoms with Crippen molar-refractivity contribution in [3.63, 3.8) is 0 Å². The smallest absolute Gasteiger partial charge is 0.151 e. The SMILES string of the molecule is CN(Cc1ccc(Cl)nn1)CC1CNC1. The molecular formula is C10H15ClN4. The average Bonchev–Trinajstić information content (AvgIpc) is 2.16. The van der Waals surface area contributed by atoms with Crippen LogP contribution in [0.15, 0.2) is 12.1 Å². The molecule has 1 aliphatic rings. The van der Waals surface area contributed by atoms with Crippen molar-refractivity contribution < 1.29 is 0 Å². The molecule has 82 valence electrons. The largest absolute Gasteiger partial charge is 0.316 e. The predicted molar refractivity (Wildman–Crippen MR) is 59.7 cm³/mol. The highest BCUT2D eigenvalue weighted by atomic mass is 35.5. The van der Waals surface area contributed by atoms with Gasteiger partial charge in [0.15, 0.2) is 5.15 Å². The second-order valence-corrected chi connectivity index (χ2v) is 4.46. The van der Waals surface area contributed by atoms with Gasteiger partial charge in [0.05, 0.1) is 5.69 Å². The van der Waals surface area contributed by atoms with Crippen LogP contribution in [0.3, 0.4) is 0 Å². The molecule has 1 aromatic rings. The van der Waals surface area contributed by atoms with Crippen LogP contribution < -0.4 is 5.32 Å². The van der Waals surface area contributed by atoms with Crippen LogP contribution in [0.2, 0.25) is 5.15 Å². The van der Waals surface area contributed by atoms with E-state index in [1.165, 1.54) is 0 Å². The summed E-state index contributed by atoms with van der Waals surface area (Å²) in [5, 5.41) is 11.6. The molecular weight excluding hydrogens is 212 g/mol. The van der Waals surface area contributed by atoms with E-state index in [4.69, 9.17) is 11.6 Å². The zero-order chi connectivity index (χ0) is 10.7. The maximum absolute atomic E-state index is 5.67. The van der Waals surface area contributed by atoms with Crippen molar-refractivity contribution in [3.8, 4) is 0 Å². The fourth-order valence-corrected chi connectivity index (χ4v) is 1.79. The molecule has 1 N–H and O–H groups in total. The molecule has 0 saturated carbocycles. The van der Waals surface area contributed by atoms with Gasteiger partial charge in [-0.15, -0.1) is 5.10 Å². The molecule has 5 heteroatoms. The van der Waals surface area contributed by atoms with Gasteiger partial charge in [-0.25, -0.2) is 0 Å². The first-order chi connectivity index (χ1) is 7.24. The summed E-state index contributed by atoms with van der Waals surface area (Å²) >= 11 is 5.67. The summed E-state index contributed by atoms with van der Waals surface area (Å²) < 4.78 is 0. The lowest BCUT2D eigenvalue weighted by Crippen LogP contribution is -2.47.